The molecule has 0 atom stereocenters. The minimum Gasteiger partial charge on any atom is -0.445 e. The minimum absolute atomic E-state index is 0.191. The quantitative estimate of drug-likeness (QED) is 0.224. The number of nitrogens with one attached hydrogen (secondary N) is 1. The third-order valence-corrected chi connectivity index (χ3v) is 9.07. The Kier molecular flexibility index (Phi) is 9.60. The van der Waals surface area contributed by atoms with Crippen LogP contribution in [0.1, 0.15) is 75.2 Å². The number of aromatic nitrogens is 1. The number of alkyl carbamates (subject to hydrolysis) is 1. The fourth-order valence-electron chi connectivity index (χ4n) is 6.78. The number of amides is 1. The van der Waals surface area contributed by atoms with Crippen LogP contribution in [0.25, 0.3) is 10.9 Å². The number of halogens is 1. The summed E-state index contributed by atoms with van der Waals surface area (Å²) in [6.45, 7) is 7.20. The van der Waals surface area contributed by atoms with Gasteiger partial charge in [-0.2, -0.15) is 0 Å². The lowest BCUT2D eigenvalue weighted by atomic mass is 9.79. The van der Waals surface area contributed by atoms with E-state index in [0.29, 0.717) is 6.04 Å². The van der Waals surface area contributed by atoms with Gasteiger partial charge in [-0.3, -0.25) is 0 Å². The van der Waals surface area contributed by atoms with E-state index in [4.69, 9.17) is 9.57 Å². The normalized spacial score (nSPS) is 20.6. The molecule has 0 bridgehead atoms. The van der Waals surface area contributed by atoms with Gasteiger partial charge in [0.05, 0.1) is 12.8 Å². The second-order valence-corrected chi connectivity index (χ2v) is 11.8. The summed E-state index contributed by atoms with van der Waals surface area (Å²) >= 11 is 0. The Labute approximate surface area is 242 Å². The molecule has 2 heterocycles. The molecule has 8 heteroatoms. The summed E-state index contributed by atoms with van der Waals surface area (Å²) in [5.74, 6) is 1.32. The average molecular weight is 563 g/mol. The predicted molar refractivity (Wildman–Crippen MR) is 160 cm³/mol. The first-order valence-electron chi connectivity index (χ1n) is 15.0. The number of rotatable bonds is 9. The first-order valence-corrected chi connectivity index (χ1v) is 15.0. The van der Waals surface area contributed by atoms with Gasteiger partial charge in [-0.25, -0.2) is 9.18 Å². The van der Waals surface area contributed by atoms with Crippen molar-refractivity contribution in [3.8, 4) is 0 Å². The molecule has 5 rings (SSSR count). The van der Waals surface area contributed by atoms with Crippen LogP contribution in [-0.4, -0.2) is 48.0 Å². The van der Waals surface area contributed by atoms with Gasteiger partial charge in [-0.05, 0) is 74.1 Å². The number of benzene rings is 2. The number of hydrogen-bond acceptors (Lipinski definition) is 5. The number of carbonyl (C=O) groups is 1. The van der Waals surface area contributed by atoms with E-state index in [1.165, 1.54) is 38.9 Å². The van der Waals surface area contributed by atoms with Crippen molar-refractivity contribution in [2.45, 2.75) is 77.6 Å². The highest BCUT2D eigenvalue weighted by Gasteiger charge is 2.32. The molecule has 41 heavy (non-hydrogen) atoms. The number of piperidine rings is 1. The van der Waals surface area contributed by atoms with Crippen molar-refractivity contribution in [1.29, 1.82) is 0 Å². The van der Waals surface area contributed by atoms with Crippen molar-refractivity contribution in [3.05, 3.63) is 71.2 Å². The van der Waals surface area contributed by atoms with Crippen LogP contribution in [0, 0.1) is 17.7 Å². The maximum atomic E-state index is 14.5. The Bertz CT molecular complexity index is 1320. The van der Waals surface area contributed by atoms with E-state index in [-0.39, 0.29) is 25.0 Å². The van der Waals surface area contributed by atoms with Gasteiger partial charge in [-0.15, -0.1) is 0 Å². The molecule has 2 aliphatic rings. The molecule has 2 aromatic carbocycles. The van der Waals surface area contributed by atoms with E-state index in [1.54, 1.807) is 12.3 Å². The zero-order valence-corrected chi connectivity index (χ0v) is 24.5. The number of hydrogen-bond donors (Lipinski definition) is 1. The minimum atomic E-state index is -0.502. The van der Waals surface area contributed by atoms with Crippen LogP contribution in [0.2, 0.25) is 0 Å². The Balaban J connectivity index is 1.34. The Morgan fingerprint density at radius 3 is 2.46 bits per heavy atom. The molecule has 220 valence electrons. The van der Waals surface area contributed by atoms with Crippen LogP contribution >= 0.6 is 0 Å². The summed E-state index contributed by atoms with van der Waals surface area (Å²) in [6.07, 6.45) is 8.34. The summed E-state index contributed by atoms with van der Waals surface area (Å²) in [5.41, 5.74) is 3.48. The monoisotopic (exact) mass is 562 g/mol. The topological polar surface area (TPSA) is 68.1 Å². The molecular formula is C33H43FN4O3. The van der Waals surface area contributed by atoms with Crippen molar-refractivity contribution in [2.24, 2.45) is 17.0 Å². The lowest BCUT2D eigenvalue weighted by Crippen LogP contribution is -2.44. The molecule has 1 aliphatic carbocycles. The van der Waals surface area contributed by atoms with E-state index >= 15 is 0 Å². The molecule has 0 unspecified atom stereocenters. The van der Waals surface area contributed by atoms with Gasteiger partial charge in [0.25, 0.3) is 0 Å². The summed E-state index contributed by atoms with van der Waals surface area (Å²) in [5, 5.41) is 7.71. The first kappa shape index (κ1) is 29.1. The fraction of sp³-hybridized carbons (Fsp3) is 0.515. The molecule has 2 fully saturated rings. The van der Waals surface area contributed by atoms with Crippen molar-refractivity contribution < 1.29 is 18.8 Å². The first-order chi connectivity index (χ1) is 19.9. The summed E-state index contributed by atoms with van der Waals surface area (Å²) in [6, 6.07) is 15.4. The van der Waals surface area contributed by atoms with Gasteiger partial charge in [0, 0.05) is 47.3 Å². The SMILES string of the molecule is CON=Cc1c(CNC(=O)OCc2ccccc2)n(C2CCN([C@H]3CC[C@@H](C(C)C)CC3)CC2)c2ccc(F)cc12. The zero-order chi connectivity index (χ0) is 28.8. The van der Waals surface area contributed by atoms with Gasteiger partial charge in [0.2, 0.25) is 0 Å². The summed E-state index contributed by atoms with van der Waals surface area (Å²) < 4.78 is 22.2. The molecule has 0 radical (unpaired) electrons. The molecule has 3 aromatic rings. The van der Waals surface area contributed by atoms with E-state index in [9.17, 15) is 9.18 Å². The molecule has 1 aliphatic heterocycles. The van der Waals surface area contributed by atoms with Gasteiger partial charge < -0.3 is 24.4 Å². The van der Waals surface area contributed by atoms with E-state index in [2.05, 4.69) is 33.8 Å². The van der Waals surface area contributed by atoms with Crippen molar-refractivity contribution in [2.75, 3.05) is 20.2 Å². The largest absolute Gasteiger partial charge is 0.445 e. The van der Waals surface area contributed by atoms with Crippen LogP contribution in [0.3, 0.4) is 0 Å². The van der Waals surface area contributed by atoms with E-state index in [0.717, 1.165) is 65.5 Å². The van der Waals surface area contributed by atoms with E-state index in [1.807, 2.05) is 36.4 Å². The lowest BCUT2D eigenvalue weighted by molar-refractivity contribution is 0.0888. The fourth-order valence-corrected chi connectivity index (χ4v) is 6.78. The summed E-state index contributed by atoms with van der Waals surface area (Å²) in [7, 11) is 1.49. The van der Waals surface area contributed by atoms with E-state index < -0.39 is 6.09 Å². The number of fused-ring (bicyclic) bond motifs is 1. The molecule has 7 nitrogen and oxygen atoms in total. The number of oxime groups is 1. The van der Waals surface area contributed by atoms with Crippen molar-refractivity contribution >= 4 is 23.2 Å². The number of carbonyl (C=O) groups excluding carboxylic acids is 1. The second-order valence-electron chi connectivity index (χ2n) is 11.8. The van der Waals surface area contributed by atoms with Crippen LogP contribution in [0.15, 0.2) is 53.7 Å². The highest BCUT2D eigenvalue weighted by molar-refractivity contribution is 6.01. The van der Waals surface area contributed by atoms with Gasteiger partial charge in [0.1, 0.15) is 19.5 Å². The highest BCUT2D eigenvalue weighted by Crippen LogP contribution is 2.37. The maximum absolute atomic E-state index is 14.5. The third-order valence-electron chi connectivity index (χ3n) is 9.07. The third kappa shape index (κ3) is 6.92. The Morgan fingerprint density at radius 2 is 1.78 bits per heavy atom. The maximum Gasteiger partial charge on any atom is 0.407 e. The van der Waals surface area contributed by atoms with Crippen LogP contribution in [0.4, 0.5) is 9.18 Å². The smallest absolute Gasteiger partial charge is 0.407 e. The second kappa shape index (κ2) is 13.5. The molecule has 1 saturated heterocycles. The average Bonchev–Trinajstić information content (AvgIpc) is 3.30. The van der Waals surface area contributed by atoms with Crippen LogP contribution in [0.5, 0.6) is 0 Å². The lowest BCUT2D eigenvalue weighted by Gasteiger charge is -2.42. The Morgan fingerprint density at radius 1 is 1.05 bits per heavy atom. The van der Waals surface area contributed by atoms with Gasteiger partial charge in [0.15, 0.2) is 0 Å². The highest BCUT2D eigenvalue weighted by atomic mass is 19.1. The zero-order valence-electron chi connectivity index (χ0n) is 24.5. The molecular weight excluding hydrogens is 519 g/mol. The van der Waals surface area contributed by atoms with Gasteiger partial charge >= 0.3 is 6.09 Å². The molecule has 0 spiro atoms. The predicted octanol–water partition coefficient (Wildman–Crippen LogP) is 7.04. The van der Waals surface area contributed by atoms with Crippen molar-refractivity contribution in [3.63, 3.8) is 0 Å². The number of nitrogens with zero attached hydrogens (tertiary/aromatic N) is 3. The number of ether oxygens (including phenoxy) is 1. The summed E-state index contributed by atoms with van der Waals surface area (Å²) in [4.78, 5) is 20.4. The molecule has 1 aromatic heterocycles. The number of likely N-dealkylation sites (tertiary alicyclic amines) is 1. The molecule has 1 saturated carbocycles. The van der Waals surface area contributed by atoms with Crippen molar-refractivity contribution in [1.82, 2.24) is 14.8 Å². The molecule has 1 N–H and O–H groups in total. The Hall–Kier alpha value is -3.39. The molecule has 1 amide bonds. The standard InChI is InChI=1S/C33H43FN4O3/c1-23(2)25-9-12-27(13-10-25)37-17-15-28(16-18-37)38-31-14-11-26(34)19-29(31)30(20-36-40-3)32(38)21-35-33(39)41-22-24-7-5-4-6-8-24/h4-8,11,14,19-20,23,25,27-28H,9-10,12-13,15-18,21-22H2,1-3H3,(H,35,39)/t25-,27+. The van der Waals surface area contributed by atoms with Gasteiger partial charge in [-0.1, -0.05) is 49.3 Å². The van der Waals surface area contributed by atoms with Crippen LogP contribution in [-0.2, 0) is 22.7 Å². The van der Waals surface area contributed by atoms with Crippen LogP contribution < -0.4 is 5.32 Å².